The highest BCUT2D eigenvalue weighted by Crippen LogP contribution is 2.41. The highest BCUT2D eigenvalue weighted by atomic mass is 31.2. The second-order valence-corrected chi connectivity index (χ2v) is 4.36. The van der Waals surface area contributed by atoms with Crippen molar-refractivity contribution in [2.75, 3.05) is 13.3 Å². The van der Waals surface area contributed by atoms with Gasteiger partial charge in [0, 0.05) is 8.15 Å². The molecule has 5 nitrogen and oxygen atoms in total. The highest BCUT2D eigenvalue weighted by Gasteiger charge is 2.01. The molecule has 0 rings (SSSR count). The van der Waals surface area contributed by atoms with Gasteiger partial charge in [0.15, 0.2) is 5.34 Å². The molecule has 9 heavy (non-hydrogen) atoms. The molecule has 1 atom stereocenters. The van der Waals surface area contributed by atoms with Crippen LogP contribution in [0.1, 0.15) is 0 Å². The summed E-state index contributed by atoms with van der Waals surface area (Å²) in [4.78, 5) is 9.28. The minimum Gasteiger partial charge on any atom is -0.283 e. The number of hydrogen-bond donors (Lipinski definition) is 0. The Morgan fingerprint density at radius 1 is 1.56 bits per heavy atom. The first kappa shape index (κ1) is 9.02. The van der Waals surface area contributed by atoms with E-state index in [0.29, 0.717) is 0 Å². The monoisotopic (exact) mass is 171 g/mol. The van der Waals surface area contributed by atoms with E-state index < -0.39 is 16.4 Å². The van der Waals surface area contributed by atoms with Crippen molar-refractivity contribution < 1.29 is 13.5 Å². The number of rotatable bonds is 4. The van der Waals surface area contributed by atoms with E-state index in [9.17, 15) is 9.47 Å². The predicted molar refractivity (Wildman–Crippen MR) is 35.7 cm³/mol. The molecule has 0 aromatic heterocycles. The van der Waals surface area contributed by atoms with Gasteiger partial charge in [0.05, 0.1) is 0 Å². The highest BCUT2D eigenvalue weighted by molar-refractivity contribution is 7.58. The summed E-state index contributed by atoms with van der Waals surface area (Å²) in [5, 5.41) is 1.96. The molecule has 1 unspecified atom stereocenters. The van der Waals surface area contributed by atoms with Gasteiger partial charge >= 0.3 is 8.25 Å². The lowest BCUT2D eigenvalue weighted by atomic mass is 11.9. The molecule has 0 aliphatic carbocycles. The van der Waals surface area contributed by atoms with E-state index in [4.69, 9.17) is 0 Å². The summed E-state index contributed by atoms with van der Waals surface area (Å²) >= 11 is 0. The number of hydrogen-bond acceptors (Lipinski definition) is 5. The molecular formula is C2H7NO4P2. The standard InChI is InChI=1S/C2H7NO4P2/c1-8(2)7-9(5)6-3-4/h9H,1-2H3. The molecule has 0 N–H and O–H groups in total. The van der Waals surface area contributed by atoms with E-state index in [1.165, 1.54) is 0 Å². The number of nitrogens with zero attached hydrogens (tertiary/aromatic N) is 1. The minimum atomic E-state index is -2.64. The molecule has 0 saturated carbocycles. The quantitative estimate of drug-likeness (QED) is 0.367. The van der Waals surface area contributed by atoms with Crippen molar-refractivity contribution in [1.82, 2.24) is 0 Å². The summed E-state index contributed by atoms with van der Waals surface area (Å²) in [6.07, 6.45) is 0. The van der Waals surface area contributed by atoms with Gasteiger partial charge < -0.3 is 0 Å². The zero-order chi connectivity index (χ0) is 7.28. The zero-order valence-electron chi connectivity index (χ0n) is 5.03. The van der Waals surface area contributed by atoms with Crippen LogP contribution in [0, 0.1) is 4.91 Å². The average molecular weight is 171 g/mol. The van der Waals surface area contributed by atoms with Crippen LogP contribution in [0.4, 0.5) is 0 Å². The van der Waals surface area contributed by atoms with Gasteiger partial charge in [-0.15, -0.1) is 4.91 Å². The van der Waals surface area contributed by atoms with Crippen molar-refractivity contribution in [3.05, 3.63) is 4.91 Å². The molecule has 0 heterocycles. The van der Waals surface area contributed by atoms with Crippen LogP contribution in [0.25, 0.3) is 0 Å². The maximum absolute atomic E-state index is 10.3. The van der Waals surface area contributed by atoms with Crippen LogP contribution < -0.4 is 0 Å². The SMILES string of the molecule is CP(C)O[PH](=O)ON=O. The van der Waals surface area contributed by atoms with Crippen LogP contribution >= 0.6 is 16.4 Å². The van der Waals surface area contributed by atoms with Crippen molar-refractivity contribution in [2.24, 2.45) is 5.34 Å². The Hall–Kier alpha value is 0.0200. The molecule has 0 saturated heterocycles. The third kappa shape index (κ3) is 5.90. The minimum absolute atomic E-state index is 0.743. The third-order valence-electron chi connectivity index (χ3n) is 0.369. The first-order valence-electron chi connectivity index (χ1n) is 2.05. The van der Waals surface area contributed by atoms with E-state index in [0.717, 1.165) is 0 Å². The molecule has 0 bridgehead atoms. The first-order chi connectivity index (χ1) is 4.16. The summed E-state index contributed by atoms with van der Waals surface area (Å²) < 4.78 is 18.7. The Labute approximate surface area is 54.4 Å². The first-order valence-corrected chi connectivity index (χ1v) is 5.43. The molecule has 0 spiro atoms. The summed E-state index contributed by atoms with van der Waals surface area (Å²) in [5.41, 5.74) is 0. The molecular weight excluding hydrogens is 164 g/mol. The summed E-state index contributed by atoms with van der Waals surface area (Å²) in [5.74, 6) is 0. The van der Waals surface area contributed by atoms with Gasteiger partial charge in [-0.3, -0.25) is 8.94 Å². The molecule has 0 aromatic rings. The van der Waals surface area contributed by atoms with E-state index in [2.05, 4.69) is 8.94 Å². The van der Waals surface area contributed by atoms with Crippen molar-refractivity contribution in [2.45, 2.75) is 0 Å². The molecule has 0 aromatic carbocycles. The normalized spacial score (nSPS) is 13.2. The van der Waals surface area contributed by atoms with Crippen molar-refractivity contribution >= 4 is 16.4 Å². The molecule has 0 aliphatic heterocycles. The van der Waals surface area contributed by atoms with Gasteiger partial charge in [-0.05, 0) is 13.3 Å². The van der Waals surface area contributed by atoms with Crippen LogP contribution in [-0.4, -0.2) is 13.3 Å². The lowest BCUT2D eigenvalue weighted by molar-refractivity contribution is 0.304. The summed E-state index contributed by atoms with van der Waals surface area (Å²) in [6.45, 7) is 3.48. The van der Waals surface area contributed by atoms with Crippen molar-refractivity contribution in [3.8, 4) is 0 Å². The van der Waals surface area contributed by atoms with E-state index in [-0.39, 0.29) is 0 Å². The van der Waals surface area contributed by atoms with Crippen LogP contribution in [0.2, 0.25) is 0 Å². The second kappa shape index (κ2) is 4.86. The molecule has 0 fully saturated rings. The topological polar surface area (TPSA) is 65.0 Å². The fourth-order valence-corrected chi connectivity index (χ4v) is 1.58. The van der Waals surface area contributed by atoms with Gasteiger partial charge in [0.25, 0.3) is 0 Å². The summed E-state index contributed by atoms with van der Waals surface area (Å²) in [6, 6.07) is 0. The van der Waals surface area contributed by atoms with Gasteiger partial charge in [0.2, 0.25) is 0 Å². The molecule has 7 heteroatoms. The Bertz CT molecular complexity index is 115. The fourth-order valence-electron chi connectivity index (χ4n) is 0.196. The third-order valence-corrected chi connectivity index (χ3v) is 2.65. The zero-order valence-corrected chi connectivity index (χ0v) is 6.92. The van der Waals surface area contributed by atoms with E-state index >= 15 is 0 Å². The largest absolute Gasteiger partial charge is 0.396 e. The molecule has 54 valence electrons. The fraction of sp³-hybridized carbons (Fsp3) is 1.00. The smallest absolute Gasteiger partial charge is 0.283 e. The maximum Gasteiger partial charge on any atom is 0.396 e. The average Bonchev–Trinajstić information content (AvgIpc) is 1.63. The van der Waals surface area contributed by atoms with Crippen LogP contribution in [-0.2, 0) is 13.5 Å². The lowest BCUT2D eigenvalue weighted by Crippen LogP contribution is -1.69. The van der Waals surface area contributed by atoms with Crippen molar-refractivity contribution in [3.63, 3.8) is 0 Å². The van der Waals surface area contributed by atoms with Crippen LogP contribution in [0.5, 0.6) is 0 Å². The lowest BCUT2D eigenvalue weighted by Gasteiger charge is -2.01. The maximum atomic E-state index is 10.3. The molecule has 0 amide bonds. The van der Waals surface area contributed by atoms with E-state index in [1.807, 2.05) is 5.34 Å². The van der Waals surface area contributed by atoms with Gasteiger partial charge in [0.1, 0.15) is 0 Å². The Morgan fingerprint density at radius 3 is 2.44 bits per heavy atom. The Balaban J connectivity index is 3.38. The van der Waals surface area contributed by atoms with Gasteiger partial charge in [-0.25, -0.2) is 4.57 Å². The molecule has 0 aliphatic rings. The Kier molecular flexibility index (Phi) is 4.87. The predicted octanol–water partition coefficient (Wildman–Crippen LogP) is 1.75. The molecule has 0 radical (unpaired) electrons. The Morgan fingerprint density at radius 2 is 2.11 bits per heavy atom. The van der Waals surface area contributed by atoms with E-state index in [1.54, 1.807) is 13.3 Å². The van der Waals surface area contributed by atoms with Crippen LogP contribution in [0.15, 0.2) is 5.34 Å². The van der Waals surface area contributed by atoms with Gasteiger partial charge in [-0.1, -0.05) is 0 Å². The van der Waals surface area contributed by atoms with Gasteiger partial charge in [-0.2, -0.15) is 0 Å². The van der Waals surface area contributed by atoms with Crippen LogP contribution in [0.3, 0.4) is 0 Å². The van der Waals surface area contributed by atoms with Crippen molar-refractivity contribution in [1.29, 1.82) is 0 Å². The summed E-state index contributed by atoms with van der Waals surface area (Å²) in [7, 11) is -3.38. The second-order valence-electron chi connectivity index (χ2n) is 1.32.